The molecule has 1 saturated heterocycles. The number of rotatable bonds is 10. The summed E-state index contributed by atoms with van der Waals surface area (Å²) in [6.45, 7) is 0. The molecule has 2 aliphatic heterocycles. The average molecular weight is 649 g/mol. The molecule has 0 saturated carbocycles. The van der Waals surface area contributed by atoms with Gasteiger partial charge in [-0.15, -0.1) is 28.2 Å². The Bertz CT molecular complexity index is 1390. The van der Waals surface area contributed by atoms with Crippen LogP contribution in [0.2, 0.25) is 0 Å². The number of hydrogen-bond donors (Lipinski definition) is 4. The number of hydrogen-bond acceptors (Lipinski definition) is 12. The molecule has 39 heavy (non-hydrogen) atoms. The van der Waals surface area contributed by atoms with Gasteiger partial charge in [0.15, 0.2) is 11.8 Å². The number of nitrogens with zero attached hydrogens (tertiary/aromatic N) is 5. The third kappa shape index (κ3) is 8.53. The first-order valence-electron chi connectivity index (χ1n) is 9.78. The van der Waals surface area contributed by atoms with Crippen molar-refractivity contribution in [2.45, 2.75) is 28.4 Å². The van der Waals surface area contributed by atoms with Crippen LogP contribution in [-0.2, 0) is 35.2 Å². The molecule has 2 aromatic heterocycles. The number of aliphatic carboxylic acids is 2. The van der Waals surface area contributed by atoms with Gasteiger partial charge in [0, 0.05) is 16.4 Å². The second-order valence-corrected chi connectivity index (χ2v) is 11.8. The van der Waals surface area contributed by atoms with E-state index in [-0.39, 0.29) is 115 Å². The number of tetrazole rings is 1. The van der Waals surface area contributed by atoms with E-state index < -0.39 is 57.1 Å². The molecule has 22 heteroatoms. The van der Waals surface area contributed by atoms with E-state index in [2.05, 4.69) is 20.8 Å². The average Bonchev–Trinajstić information content (AvgIpc) is 3.46. The first-order chi connectivity index (χ1) is 17.0. The van der Waals surface area contributed by atoms with Crippen LogP contribution >= 0.6 is 34.9 Å². The quantitative estimate of drug-likeness (QED) is 0.0618. The summed E-state index contributed by atoms with van der Waals surface area (Å²) in [6, 6.07) is 1.99. The fraction of sp³-hybridized carbons (Fsp3) is 0.353. The number of carbonyl (C=O) groups excluding carboxylic acids is 2. The number of thioether (sulfide) groups is 2. The summed E-state index contributed by atoms with van der Waals surface area (Å²) in [4.78, 5) is 50.5. The van der Waals surface area contributed by atoms with Gasteiger partial charge in [-0.25, -0.2) is 9.48 Å². The number of carbonyl (C=O) groups is 4. The van der Waals surface area contributed by atoms with Crippen molar-refractivity contribution in [3.8, 4) is 0 Å². The summed E-state index contributed by atoms with van der Waals surface area (Å²) in [5, 5.41) is 33.0. The molecule has 1 fully saturated rings. The Hall–Kier alpha value is 0.000000000000000444. The number of nitrogens with one attached hydrogen (secondary N) is 1. The van der Waals surface area contributed by atoms with Crippen molar-refractivity contribution in [1.82, 2.24) is 30.4 Å². The standard InChI is InChI=1S/C17H16N6O9S4.3Na.3H/c24-12(9(15(26)27)8-2-1-3-33-8)18-10-13(25)23-11(16(28)29)7(4-34-14(10)23)5-35-17-19-20-21-22(17)6-36(30,31)32;;;;;;/h1-3,9-10,14H,4-6H2,(H,18,24)(H,26,27)(H,28,29)(H,30,31,32);;;;;;/q;3*+1;3*-1/t9?,10?,14-;;;;;;/m1....../s1. The summed E-state index contributed by atoms with van der Waals surface area (Å²) in [5.41, 5.74) is 0.0406. The number of β-lactam (4-membered cyclic amide) rings is 1. The minimum atomic E-state index is -4.42. The van der Waals surface area contributed by atoms with Crippen molar-refractivity contribution in [2.75, 3.05) is 11.5 Å². The smallest absolute Gasteiger partial charge is 1.00 e. The molecule has 4 heterocycles. The first kappa shape index (κ1) is 37.0. The van der Waals surface area contributed by atoms with Crippen LogP contribution in [0.25, 0.3) is 0 Å². The maximum Gasteiger partial charge on any atom is 1.00 e. The van der Waals surface area contributed by atoms with Gasteiger partial charge in [-0.05, 0) is 27.4 Å². The van der Waals surface area contributed by atoms with Gasteiger partial charge in [0.2, 0.25) is 11.1 Å². The van der Waals surface area contributed by atoms with Crippen LogP contribution < -0.4 is 94.0 Å². The van der Waals surface area contributed by atoms with Crippen LogP contribution in [-0.4, -0.2) is 95.0 Å². The van der Waals surface area contributed by atoms with Crippen LogP contribution in [0.1, 0.15) is 15.1 Å². The predicted octanol–water partition coefficient (Wildman–Crippen LogP) is -9.37. The molecule has 2 amide bonds. The maximum absolute atomic E-state index is 12.8. The van der Waals surface area contributed by atoms with Crippen molar-refractivity contribution in [3.05, 3.63) is 33.7 Å². The second kappa shape index (κ2) is 15.5. The monoisotopic (exact) mass is 648 g/mol. The molecule has 3 atom stereocenters. The molecule has 0 spiro atoms. The largest absolute Gasteiger partial charge is 1.00 e. The van der Waals surface area contributed by atoms with E-state index in [9.17, 15) is 37.8 Å². The van der Waals surface area contributed by atoms with E-state index in [4.69, 9.17) is 4.55 Å². The fourth-order valence-corrected chi connectivity index (χ4v) is 7.28. The summed E-state index contributed by atoms with van der Waals surface area (Å²) < 4.78 is 32.0. The predicted molar refractivity (Wildman–Crippen MR) is 128 cm³/mol. The topological polar surface area (TPSA) is 222 Å². The van der Waals surface area contributed by atoms with Gasteiger partial charge >= 0.3 is 101 Å². The van der Waals surface area contributed by atoms with Crippen LogP contribution in [0.4, 0.5) is 0 Å². The van der Waals surface area contributed by atoms with Gasteiger partial charge in [-0.2, -0.15) is 8.42 Å². The molecule has 15 nitrogen and oxygen atoms in total. The molecule has 2 aliphatic rings. The molecule has 0 aliphatic carbocycles. The number of carboxylic acid groups (broad SMARTS) is 2. The molecule has 2 unspecified atom stereocenters. The molecule has 4 N–H and O–H groups in total. The van der Waals surface area contributed by atoms with Gasteiger partial charge in [0.1, 0.15) is 17.1 Å². The number of aromatic nitrogens is 4. The number of fused-ring (bicyclic) bond motifs is 1. The third-order valence-corrected chi connectivity index (χ3v) is 8.94. The van der Waals surface area contributed by atoms with Gasteiger partial charge < -0.3 is 19.8 Å². The van der Waals surface area contributed by atoms with Crippen molar-refractivity contribution in [1.29, 1.82) is 0 Å². The normalized spacial score (nSPS) is 18.9. The van der Waals surface area contributed by atoms with Crippen molar-refractivity contribution in [2.24, 2.45) is 0 Å². The Morgan fingerprint density at radius 2 is 1.95 bits per heavy atom. The zero-order chi connectivity index (χ0) is 26.2. The number of thiophene rings is 1. The van der Waals surface area contributed by atoms with E-state index in [0.717, 1.165) is 32.7 Å². The van der Waals surface area contributed by atoms with E-state index in [1.54, 1.807) is 11.4 Å². The molecule has 0 bridgehead atoms. The maximum atomic E-state index is 12.8. The molecule has 0 radical (unpaired) electrons. The Kier molecular flexibility index (Phi) is 14.7. The zero-order valence-electron chi connectivity index (χ0n) is 23.7. The Balaban J connectivity index is -0.00000253. The number of carboxylic acids is 2. The molecule has 4 rings (SSSR count). The van der Waals surface area contributed by atoms with Gasteiger partial charge in [-0.3, -0.25) is 23.8 Å². The number of amides is 2. The fourth-order valence-electron chi connectivity index (χ4n) is 3.54. The minimum Gasteiger partial charge on any atom is -1.00 e. The molecular formula is C17H19N6Na3O9S4. The first-order valence-corrected chi connectivity index (χ1v) is 14.3. The SMILES string of the molecule is O=C(O)C1=C(CSc2nnnn2CS(=O)(=O)O)CS[C@@H]2C(NC(=O)C(C(=O)O)c3cccs3)C(=O)N12.[H-].[H-].[H-].[Na+].[Na+].[Na+]. The van der Waals surface area contributed by atoms with E-state index in [1.807, 2.05) is 0 Å². The van der Waals surface area contributed by atoms with Gasteiger partial charge in [0.25, 0.3) is 16.0 Å². The summed E-state index contributed by atoms with van der Waals surface area (Å²) in [6.07, 6.45) is 0. The molecule has 2 aromatic rings. The Morgan fingerprint density at radius 3 is 2.51 bits per heavy atom. The molecule has 198 valence electrons. The van der Waals surface area contributed by atoms with Crippen LogP contribution in [0.3, 0.4) is 0 Å². The second-order valence-electron chi connectivity index (χ2n) is 7.40. The van der Waals surface area contributed by atoms with E-state index >= 15 is 0 Å². The van der Waals surface area contributed by atoms with Crippen molar-refractivity contribution < 1.29 is 135 Å². The summed E-state index contributed by atoms with van der Waals surface area (Å²) in [7, 11) is -4.42. The van der Waals surface area contributed by atoms with Crippen LogP contribution in [0, 0.1) is 0 Å². The van der Waals surface area contributed by atoms with Crippen LogP contribution in [0.15, 0.2) is 33.9 Å². The van der Waals surface area contributed by atoms with E-state index in [1.165, 1.54) is 17.8 Å². The van der Waals surface area contributed by atoms with Gasteiger partial charge in [0.05, 0.1) is 0 Å². The van der Waals surface area contributed by atoms with Gasteiger partial charge in [-0.1, -0.05) is 17.8 Å². The Labute approximate surface area is 304 Å². The van der Waals surface area contributed by atoms with E-state index in [0.29, 0.717) is 10.5 Å². The molecular weight excluding hydrogens is 629 g/mol. The minimum absolute atomic E-state index is 0. The Morgan fingerprint density at radius 1 is 1.26 bits per heavy atom. The third-order valence-electron chi connectivity index (χ3n) is 5.04. The van der Waals surface area contributed by atoms with Crippen LogP contribution in [0.5, 0.6) is 0 Å². The summed E-state index contributed by atoms with van der Waals surface area (Å²) >= 11 is 3.18. The molecule has 0 aromatic carbocycles. The van der Waals surface area contributed by atoms with Crippen molar-refractivity contribution >= 4 is 68.7 Å². The summed E-state index contributed by atoms with van der Waals surface area (Å²) in [5.74, 6) is -6.58. The zero-order valence-corrected chi connectivity index (χ0v) is 30.0. The van der Waals surface area contributed by atoms with Crippen molar-refractivity contribution in [3.63, 3.8) is 0 Å².